The van der Waals surface area contributed by atoms with Crippen molar-refractivity contribution in [3.63, 3.8) is 0 Å². The second kappa shape index (κ2) is 8.10. The lowest BCUT2D eigenvalue weighted by Crippen LogP contribution is -2.58. The first kappa shape index (κ1) is 19.4. The Kier molecular flexibility index (Phi) is 5.60. The summed E-state index contributed by atoms with van der Waals surface area (Å²) < 4.78 is 4.64. The van der Waals surface area contributed by atoms with Gasteiger partial charge in [0.15, 0.2) is 11.0 Å². The molecule has 0 aromatic heterocycles. The smallest absolute Gasteiger partial charge is 0.337 e. The molecule has 2 amide bonds. The summed E-state index contributed by atoms with van der Waals surface area (Å²) >= 11 is 5.16. The van der Waals surface area contributed by atoms with Crippen LogP contribution in [0.2, 0.25) is 0 Å². The third-order valence-electron chi connectivity index (χ3n) is 4.16. The molecule has 28 heavy (non-hydrogen) atoms. The highest BCUT2D eigenvalue weighted by Gasteiger charge is 2.38. The molecule has 0 unspecified atom stereocenters. The van der Waals surface area contributed by atoms with Gasteiger partial charge in [0.2, 0.25) is 5.91 Å². The minimum Gasteiger partial charge on any atom is -0.465 e. The highest BCUT2D eigenvalue weighted by atomic mass is 32.1. The summed E-state index contributed by atoms with van der Waals surface area (Å²) in [7, 11) is 1.30. The van der Waals surface area contributed by atoms with Crippen LogP contribution < -0.4 is 10.2 Å². The van der Waals surface area contributed by atoms with Gasteiger partial charge in [0.1, 0.15) is 0 Å². The molecular formula is C20H17N3O4S. The van der Waals surface area contributed by atoms with E-state index in [1.54, 1.807) is 36.4 Å². The lowest BCUT2D eigenvalue weighted by atomic mass is 10.1. The van der Waals surface area contributed by atoms with E-state index in [1.807, 2.05) is 19.1 Å². The van der Waals surface area contributed by atoms with Crippen molar-refractivity contribution in [2.75, 3.05) is 12.0 Å². The first-order chi connectivity index (χ1) is 13.4. The Hall–Kier alpha value is -3.39. The molecule has 0 radical (unpaired) electrons. The number of hydrogen-bond donors (Lipinski definition) is 1. The Morgan fingerprint density at radius 1 is 1.14 bits per heavy atom. The summed E-state index contributed by atoms with van der Waals surface area (Å²) in [5, 5.41) is 2.57. The van der Waals surface area contributed by atoms with Crippen molar-refractivity contribution in [1.82, 2.24) is 5.32 Å². The van der Waals surface area contributed by atoms with Gasteiger partial charge in [0.05, 0.1) is 24.0 Å². The number of hydrogen-bond acceptors (Lipinski definition) is 6. The molecule has 0 saturated carbocycles. The normalized spacial score (nSPS) is 17.0. The zero-order valence-corrected chi connectivity index (χ0v) is 16.0. The number of ether oxygens (including phenoxy) is 1. The number of carbonyl (C=O) groups excluding carboxylic acids is 3. The predicted molar refractivity (Wildman–Crippen MR) is 109 cm³/mol. The minimum absolute atomic E-state index is 0.0333. The molecule has 0 aliphatic carbocycles. The van der Waals surface area contributed by atoms with Crippen molar-refractivity contribution >= 4 is 52.7 Å². The van der Waals surface area contributed by atoms with E-state index in [0.717, 1.165) is 5.56 Å². The van der Waals surface area contributed by atoms with E-state index in [1.165, 1.54) is 18.2 Å². The standard InChI is InChI=1S/C20H17N3O4S/c1-12-3-9-15(10-4-12)23-18(25)16(17(24)22-20(23)28)11-21-14-7-5-13(6-8-14)19(26)27-2/h3-11,16H,1-2H3,(H,22,24,28)/t16-/m1/s1. The Morgan fingerprint density at radius 2 is 1.79 bits per heavy atom. The molecule has 3 rings (SSSR count). The number of benzene rings is 2. The quantitative estimate of drug-likeness (QED) is 0.372. The summed E-state index contributed by atoms with van der Waals surface area (Å²) in [6.45, 7) is 1.93. The van der Waals surface area contributed by atoms with Gasteiger partial charge in [-0.15, -0.1) is 0 Å². The molecule has 1 aliphatic heterocycles. The molecular weight excluding hydrogens is 378 g/mol. The van der Waals surface area contributed by atoms with Gasteiger partial charge in [0.25, 0.3) is 5.91 Å². The van der Waals surface area contributed by atoms with Gasteiger partial charge in [-0.05, 0) is 55.5 Å². The molecule has 0 spiro atoms. The first-order valence-corrected chi connectivity index (χ1v) is 8.79. The van der Waals surface area contributed by atoms with Crippen molar-refractivity contribution in [2.24, 2.45) is 10.9 Å². The number of methoxy groups -OCH3 is 1. The third-order valence-corrected chi connectivity index (χ3v) is 4.44. The van der Waals surface area contributed by atoms with Crippen LogP contribution in [0.15, 0.2) is 53.5 Å². The van der Waals surface area contributed by atoms with Gasteiger partial charge >= 0.3 is 5.97 Å². The molecule has 0 bridgehead atoms. The lowest BCUT2D eigenvalue weighted by Gasteiger charge is -2.30. The van der Waals surface area contributed by atoms with Gasteiger partial charge in [-0.1, -0.05) is 17.7 Å². The average molecular weight is 395 g/mol. The van der Waals surface area contributed by atoms with Gasteiger partial charge in [-0.25, -0.2) is 4.79 Å². The molecule has 2 aromatic rings. The fraction of sp³-hybridized carbons (Fsp3) is 0.150. The number of aryl methyl sites for hydroxylation is 1. The molecule has 7 nitrogen and oxygen atoms in total. The summed E-state index contributed by atoms with van der Waals surface area (Å²) in [5.74, 6) is -2.59. The maximum atomic E-state index is 12.9. The van der Waals surface area contributed by atoms with Gasteiger partial charge in [-0.3, -0.25) is 19.5 Å². The van der Waals surface area contributed by atoms with Crippen molar-refractivity contribution < 1.29 is 19.1 Å². The maximum absolute atomic E-state index is 12.9. The Balaban J connectivity index is 1.82. The number of aliphatic imine (C=N–C) groups is 1. The van der Waals surface area contributed by atoms with E-state index in [-0.39, 0.29) is 5.11 Å². The second-order valence-corrected chi connectivity index (χ2v) is 6.48. The molecule has 1 atom stereocenters. The van der Waals surface area contributed by atoms with Crippen molar-refractivity contribution in [2.45, 2.75) is 6.92 Å². The number of thiocarbonyl (C=S) groups is 1. The van der Waals surface area contributed by atoms with Crippen LogP contribution in [0, 0.1) is 12.8 Å². The number of nitrogens with one attached hydrogen (secondary N) is 1. The molecule has 8 heteroatoms. The SMILES string of the molecule is COC(=O)c1ccc(N=C[C@@H]2C(=O)NC(=S)N(c3ccc(C)cc3)C2=O)cc1. The van der Waals surface area contributed by atoms with E-state index in [9.17, 15) is 14.4 Å². The third kappa shape index (κ3) is 3.96. The molecule has 1 aliphatic rings. The number of carbonyl (C=O) groups is 3. The van der Waals surface area contributed by atoms with Crippen LogP contribution in [-0.4, -0.2) is 36.2 Å². The Labute approximate surface area is 167 Å². The zero-order valence-electron chi connectivity index (χ0n) is 15.2. The van der Waals surface area contributed by atoms with Crippen LogP contribution in [0.4, 0.5) is 11.4 Å². The number of nitrogens with zero attached hydrogens (tertiary/aromatic N) is 2. The summed E-state index contributed by atoms with van der Waals surface area (Å²) in [5.41, 5.74) is 2.48. The lowest BCUT2D eigenvalue weighted by molar-refractivity contribution is -0.130. The van der Waals surface area contributed by atoms with Crippen molar-refractivity contribution in [1.29, 1.82) is 0 Å². The highest BCUT2D eigenvalue weighted by Crippen LogP contribution is 2.21. The Morgan fingerprint density at radius 3 is 2.39 bits per heavy atom. The average Bonchev–Trinajstić information content (AvgIpc) is 2.69. The number of esters is 1. The van der Waals surface area contributed by atoms with Crippen molar-refractivity contribution in [3.05, 3.63) is 59.7 Å². The van der Waals surface area contributed by atoms with E-state index in [4.69, 9.17) is 12.2 Å². The summed E-state index contributed by atoms with van der Waals surface area (Å²) in [4.78, 5) is 42.1. The molecule has 142 valence electrons. The molecule has 2 aromatic carbocycles. The van der Waals surface area contributed by atoms with Crippen LogP contribution >= 0.6 is 12.2 Å². The van der Waals surface area contributed by atoms with Crippen LogP contribution in [-0.2, 0) is 14.3 Å². The van der Waals surface area contributed by atoms with Crippen LogP contribution in [0.5, 0.6) is 0 Å². The fourth-order valence-corrected chi connectivity index (χ4v) is 2.92. The van der Waals surface area contributed by atoms with Gasteiger partial charge < -0.3 is 10.1 Å². The van der Waals surface area contributed by atoms with E-state index >= 15 is 0 Å². The summed E-state index contributed by atoms with van der Waals surface area (Å²) in [6.07, 6.45) is 1.27. The monoisotopic (exact) mass is 395 g/mol. The van der Waals surface area contributed by atoms with Gasteiger partial charge in [0, 0.05) is 6.21 Å². The molecule has 1 saturated heterocycles. The van der Waals surface area contributed by atoms with Gasteiger partial charge in [-0.2, -0.15) is 0 Å². The van der Waals surface area contributed by atoms with Crippen LogP contribution in [0.25, 0.3) is 0 Å². The predicted octanol–water partition coefficient (Wildman–Crippen LogP) is 2.55. The van der Waals surface area contributed by atoms with E-state index < -0.39 is 23.7 Å². The van der Waals surface area contributed by atoms with E-state index in [2.05, 4.69) is 15.0 Å². The minimum atomic E-state index is -1.12. The first-order valence-electron chi connectivity index (χ1n) is 8.38. The largest absolute Gasteiger partial charge is 0.465 e. The second-order valence-electron chi connectivity index (χ2n) is 6.10. The zero-order chi connectivity index (χ0) is 20.3. The fourth-order valence-electron chi connectivity index (χ4n) is 2.62. The molecule has 1 fully saturated rings. The Bertz CT molecular complexity index is 968. The van der Waals surface area contributed by atoms with Crippen molar-refractivity contribution in [3.8, 4) is 0 Å². The van der Waals surface area contributed by atoms with Crippen LogP contribution in [0.3, 0.4) is 0 Å². The highest BCUT2D eigenvalue weighted by molar-refractivity contribution is 7.80. The van der Waals surface area contributed by atoms with E-state index in [0.29, 0.717) is 16.9 Å². The molecule has 1 heterocycles. The number of amides is 2. The topological polar surface area (TPSA) is 88.1 Å². The number of anilines is 1. The van der Waals surface area contributed by atoms with Crippen LogP contribution in [0.1, 0.15) is 15.9 Å². The molecule has 1 N–H and O–H groups in total. The summed E-state index contributed by atoms with van der Waals surface area (Å²) in [6, 6.07) is 13.5. The number of rotatable bonds is 4. The maximum Gasteiger partial charge on any atom is 0.337 e.